The largest absolute Gasteiger partial charge is 0.420 e. The number of anilines is 1. The van der Waals surface area contributed by atoms with Crippen LogP contribution in [-0.2, 0) is 91.6 Å². The lowest BCUT2D eigenvalue weighted by Gasteiger charge is -2.48. The van der Waals surface area contributed by atoms with Crippen LogP contribution >= 0.6 is 19.2 Å². The van der Waals surface area contributed by atoms with E-state index in [1.54, 1.807) is 10.9 Å². The first-order valence-corrected chi connectivity index (χ1v) is 28.8. The minimum Gasteiger partial charge on any atom is -0.420 e. The number of ether oxygens (including phenoxy) is 13. The monoisotopic (exact) mass is 1230 g/mol. The average Bonchev–Trinajstić information content (AvgIpc) is 2.07. The third-order valence-electron chi connectivity index (χ3n) is 12.8. The Kier molecular flexibility index (Phi) is 24.9. The highest BCUT2D eigenvalue weighted by atomic mass is 35.5. The molecule has 0 aliphatic carbocycles. The van der Waals surface area contributed by atoms with E-state index in [-0.39, 0.29) is 57.1 Å². The van der Waals surface area contributed by atoms with Gasteiger partial charge in [0.15, 0.2) is 23.5 Å². The number of rotatable bonds is 37. The first-order valence-electron chi connectivity index (χ1n) is 26.7. The van der Waals surface area contributed by atoms with Crippen molar-refractivity contribution in [1.29, 1.82) is 0 Å². The number of hydrogen-bond acceptors (Lipinski definition) is 23. The number of hydrogen-bond donors (Lipinski definition) is 4. The van der Waals surface area contributed by atoms with Crippen LogP contribution < -0.4 is 9.64 Å². The Morgan fingerprint density at radius 2 is 1.40 bits per heavy atom. The lowest BCUT2D eigenvalue weighted by atomic mass is 9.84. The second kappa shape index (κ2) is 32.4. The fraction of sp³-hybridized carbons (Fsp3) is 0.577. The highest BCUT2D eigenvalue weighted by Gasteiger charge is 2.51. The van der Waals surface area contributed by atoms with Crippen LogP contribution in [0.2, 0.25) is 5.28 Å². The lowest BCUT2D eigenvalue weighted by molar-refractivity contribution is -0.136. The van der Waals surface area contributed by atoms with Crippen molar-refractivity contribution in [3.05, 3.63) is 87.8 Å². The van der Waals surface area contributed by atoms with Crippen LogP contribution in [0.15, 0.2) is 42.7 Å². The van der Waals surface area contributed by atoms with Crippen LogP contribution in [-0.4, -0.2) is 217 Å². The summed E-state index contributed by atoms with van der Waals surface area (Å²) in [6, 6.07) is 6.82. The van der Waals surface area contributed by atoms with Gasteiger partial charge in [-0.15, -0.1) is 5.10 Å². The molecule has 0 unspecified atom stereocenters. The number of esters is 1. The van der Waals surface area contributed by atoms with E-state index in [9.17, 15) is 32.7 Å². The van der Waals surface area contributed by atoms with Crippen molar-refractivity contribution in [2.75, 3.05) is 143 Å². The average molecular weight is 1230 g/mol. The number of aliphatic hydroxyl groups excluding tert-OH is 2. The van der Waals surface area contributed by atoms with Gasteiger partial charge in [-0.25, -0.2) is 22.5 Å². The van der Waals surface area contributed by atoms with Crippen LogP contribution in [0.3, 0.4) is 0 Å². The maximum Gasteiger partial charge on any atom is 0.350 e. The molecule has 3 aromatic heterocycles. The van der Waals surface area contributed by atoms with Gasteiger partial charge in [0.05, 0.1) is 162 Å². The van der Waals surface area contributed by atoms with Crippen molar-refractivity contribution >= 4 is 42.0 Å². The van der Waals surface area contributed by atoms with E-state index in [1.807, 2.05) is 23.1 Å². The molecule has 6 heterocycles. The molecule has 84 heavy (non-hydrogen) atoms. The predicted molar refractivity (Wildman–Crippen MR) is 284 cm³/mol. The van der Waals surface area contributed by atoms with E-state index < -0.39 is 73.3 Å². The molecule has 0 saturated carbocycles. The number of carbonyl (C=O) groups is 1. The second-order valence-corrected chi connectivity index (χ2v) is 20.9. The Hall–Kier alpha value is -5.37. The van der Waals surface area contributed by atoms with E-state index in [4.69, 9.17) is 78.2 Å². The normalized spacial score (nSPS) is 18.2. The third-order valence-corrected chi connectivity index (χ3v) is 13.5. The summed E-state index contributed by atoms with van der Waals surface area (Å²) in [4.78, 5) is 40.7. The predicted octanol–water partition coefficient (Wildman–Crippen LogP) is 2.20. The zero-order valence-corrected chi connectivity index (χ0v) is 47.1. The zero-order valence-electron chi connectivity index (χ0n) is 45.5. The number of fused-ring (bicyclic) bond motifs is 3. The van der Waals surface area contributed by atoms with Crippen LogP contribution in [0.4, 0.5) is 19.0 Å². The van der Waals surface area contributed by atoms with Crippen molar-refractivity contribution in [3.63, 3.8) is 0 Å². The molecule has 460 valence electrons. The molecule has 2 saturated heterocycles. The Morgan fingerprint density at radius 1 is 0.786 bits per heavy atom. The summed E-state index contributed by atoms with van der Waals surface area (Å²) in [5, 5.41) is 34.4. The molecule has 0 amide bonds. The van der Waals surface area contributed by atoms with Gasteiger partial charge in [-0.1, -0.05) is 23.1 Å². The molecule has 3 aliphatic heterocycles. The molecule has 2 fully saturated rings. The Labute approximate surface area is 484 Å². The molecule has 8 rings (SSSR count). The molecule has 5 aromatic rings. The van der Waals surface area contributed by atoms with Crippen molar-refractivity contribution in [2.24, 2.45) is 0 Å². The Bertz CT molecular complexity index is 3000. The van der Waals surface area contributed by atoms with Crippen molar-refractivity contribution in [2.45, 2.75) is 56.3 Å². The minimum absolute atomic E-state index is 0.0565. The molecule has 3 aliphatic rings. The van der Waals surface area contributed by atoms with Crippen LogP contribution in [0.25, 0.3) is 11.0 Å². The van der Waals surface area contributed by atoms with Gasteiger partial charge in [-0.2, -0.15) is 15.1 Å². The first-order chi connectivity index (χ1) is 40.7. The van der Waals surface area contributed by atoms with E-state index in [0.29, 0.717) is 135 Å². The van der Waals surface area contributed by atoms with Crippen molar-refractivity contribution in [3.8, 4) is 17.6 Å². The van der Waals surface area contributed by atoms with Crippen LogP contribution in [0.5, 0.6) is 5.75 Å². The maximum atomic E-state index is 13.6. The number of benzene rings is 2. The standard InChI is InChI=1S/C52H65ClF3N8O19P/c53-51-58-48(39-27-57-64(49(39)59-51)50-46(67)45(66)43(82-50)30-80-34-84(68,69)70)62-31-52(32-62)40-4-3-35(24-36(40)29-81-52)2-1-7-71-10-13-74-16-19-77-20-21-78-22-23-79-33-63-28-38(60-61-63)5-8-72-11-14-75-17-18-76-15-12-73-9-6-44(65)83-47-41(55)25-37(54)26-42(47)56/h3-4,24-28,43,45-46,50,66-67H,5-23,29-34H2,(H2,68,69,70)/t43-,45-,46-,50-/m1/s1. The van der Waals surface area contributed by atoms with Gasteiger partial charge in [0.2, 0.25) is 11.0 Å². The van der Waals surface area contributed by atoms with Gasteiger partial charge in [-0.05, 0) is 34.9 Å². The fourth-order valence-electron chi connectivity index (χ4n) is 8.78. The van der Waals surface area contributed by atoms with Gasteiger partial charge in [-0.3, -0.25) is 9.36 Å². The zero-order chi connectivity index (χ0) is 59.3. The number of aromatic nitrogens is 7. The SMILES string of the molecule is O=C(CCOCCOCCOCCOCCc1cn(COCCOCCOCCOCCOCC#Cc2ccc3c(c2)COC32CN(c3nc(Cl)nc4c3cnn4[C@@H]3O[C@H](COCP(=O)(O)O)[C@@H](O)[C@H]3O)C2)nn1)Oc1c(F)cc(F)cc1F. The molecule has 1 spiro atoms. The van der Waals surface area contributed by atoms with E-state index in [0.717, 1.165) is 22.4 Å². The third kappa shape index (κ3) is 19.1. The van der Waals surface area contributed by atoms with Crippen LogP contribution in [0.1, 0.15) is 35.0 Å². The van der Waals surface area contributed by atoms with Crippen molar-refractivity contribution < 1.29 is 104 Å². The van der Waals surface area contributed by atoms with Gasteiger partial charge < -0.3 is 86.5 Å². The van der Waals surface area contributed by atoms with E-state index >= 15 is 0 Å². The van der Waals surface area contributed by atoms with Gasteiger partial charge in [0.25, 0.3) is 0 Å². The number of nitrogens with zero attached hydrogens (tertiary/aromatic N) is 8. The molecule has 27 nitrogen and oxygen atoms in total. The summed E-state index contributed by atoms with van der Waals surface area (Å²) in [7, 11) is -4.45. The molecule has 0 radical (unpaired) electrons. The topological polar surface area (TPSA) is 313 Å². The molecule has 4 atom stereocenters. The Balaban J connectivity index is 0.581. The smallest absolute Gasteiger partial charge is 0.350 e. The second-order valence-electron chi connectivity index (χ2n) is 19.0. The van der Waals surface area contributed by atoms with Gasteiger partial charge in [0, 0.05) is 24.1 Å². The summed E-state index contributed by atoms with van der Waals surface area (Å²) in [6.45, 7) is 6.72. The fourth-order valence-corrected chi connectivity index (χ4v) is 9.28. The summed E-state index contributed by atoms with van der Waals surface area (Å²) < 4.78 is 126. The number of halogens is 4. The molecule has 32 heteroatoms. The molecule has 4 N–H and O–H groups in total. The highest BCUT2D eigenvalue weighted by molar-refractivity contribution is 7.51. The quantitative estimate of drug-likeness (QED) is 0.0111. The number of carbonyl (C=O) groups excluding carboxylic acids is 1. The van der Waals surface area contributed by atoms with E-state index in [2.05, 4.69) is 42.0 Å². The maximum absolute atomic E-state index is 13.6. The molecular formula is C52H65ClF3N8O19P. The molecule has 2 aromatic carbocycles. The summed E-state index contributed by atoms with van der Waals surface area (Å²) >= 11 is 6.38. The van der Waals surface area contributed by atoms with E-state index in [1.165, 1.54) is 10.9 Å². The summed E-state index contributed by atoms with van der Waals surface area (Å²) in [6.07, 6.45) is -2.45. The summed E-state index contributed by atoms with van der Waals surface area (Å²) in [5.74, 6) is 1.06. The first kappa shape index (κ1) is 64.6. The highest BCUT2D eigenvalue weighted by Crippen LogP contribution is 2.46. The lowest BCUT2D eigenvalue weighted by Crippen LogP contribution is -2.59. The van der Waals surface area contributed by atoms with Gasteiger partial charge >= 0.3 is 13.6 Å². The molecular weight excluding hydrogens is 1160 g/mol. The van der Waals surface area contributed by atoms with Crippen molar-refractivity contribution in [1.82, 2.24) is 34.7 Å². The van der Waals surface area contributed by atoms with Gasteiger partial charge in [0.1, 0.15) is 55.2 Å². The molecule has 0 bridgehead atoms. The minimum atomic E-state index is -4.45. The Morgan fingerprint density at radius 3 is 2.06 bits per heavy atom. The number of aliphatic hydroxyl groups is 2. The van der Waals surface area contributed by atoms with Crippen LogP contribution in [0, 0.1) is 29.3 Å². The summed E-state index contributed by atoms with van der Waals surface area (Å²) in [5.41, 5.74) is 3.33.